The highest BCUT2D eigenvalue weighted by molar-refractivity contribution is 6.32. The van der Waals surface area contributed by atoms with E-state index < -0.39 is 0 Å². The summed E-state index contributed by atoms with van der Waals surface area (Å²) >= 11 is 6.31. The third-order valence-electron chi connectivity index (χ3n) is 3.01. The minimum atomic E-state index is 0.202. The van der Waals surface area contributed by atoms with Crippen LogP contribution < -0.4 is 10.5 Å². The molecule has 0 bridgehead atoms. The van der Waals surface area contributed by atoms with Crippen LogP contribution in [0.5, 0.6) is 5.75 Å². The highest BCUT2D eigenvalue weighted by Crippen LogP contribution is 2.32. The maximum atomic E-state index is 6.31. The molecule has 102 valence electrons. The number of nitrogens with two attached hydrogens (primary N) is 1. The molecule has 0 amide bonds. The van der Waals surface area contributed by atoms with Crippen molar-refractivity contribution in [2.75, 3.05) is 6.61 Å². The molecular weight excluding hydrogens is 246 g/mol. The lowest BCUT2D eigenvalue weighted by Gasteiger charge is -2.15. The maximum absolute atomic E-state index is 6.31. The Balaban J connectivity index is 3.02. The standard InChI is InChI=1S/C15H24ClNO/c1-4-7-12-8-11(9-13(17)5-2)10-14(16)15(12)18-6-3/h8,10,13H,4-7,9,17H2,1-3H3. The van der Waals surface area contributed by atoms with Crippen molar-refractivity contribution in [3.8, 4) is 5.75 Å². The molecule has 0 radical (unpaired) electrons. The fraction of sp³-hybridized carbons (Fsp3) is 0.600. The van der Waals surface area contributed by atoms with Crippen LogP contribution in [0.3, 0.4) is 0 Å². The third kappa shape index (κ3) is 4.18. The number of hydrogen-bond donors (Lipinski definition) is 1. The smallest absolute Gasteiger partial charge is 0.141 e. The van der Waals surface area contributed by atoms with E-state index in [-0.39, 0.29) is 6.04 Å². The van der Waals surface area contributed by atoms with Gasteiger partial charge in [-0.3, -0.25) is 0 Å². The first-order valence-electron chi connectivity index (χ1n) is 6.81. The van der Waals surface area contributed by atoms with Gasteiger partial charge in [0, 0.05) is 6.04 Å². The Labute approximate surface area is 115 Å². The van der Waals surface area contributed by atoms with E-state index in [1.807, 2.05) is 13.0 Å². The van der Waals surface area contributed by atoms with Gasteiger partial charge < -0.3 is 10.5 Å². The molecule has 0 aliphatic rings. The molecule has 18 heavy (non-hydrogen) atoms. The van der Waals surface area contributed by atoms with Gasteiger partial charge in [-0.1, -0.05) is 37.9 Å². The molecule has 2 nitrogen and oxygen atoms in total. The molecule has 1 unspecified atom stereocenters. The predicted octanol–water partition coefficient (Wildman–Crippen LogP) is 3.97. The van der Waals surface area contributed by atoms with Gasteiger partial charge in [0.2, 0.25) is 0 Å². The van der Waals surface area contributed by atoms with Gasteiger partial charge in [-0.25, -0.2) is 0 Å². The number of rotatable bonds is 7. The Morgan fingerprint density at radius 2 is 2.00 bits per heavy atom. The number of aryl methyl sites for hydroxylation is 1. The molecule has 0 aromatic heterocycles. The molecule has 3 heteroatoms. The molecule has 0 aliphatic carbocycles. The van der Waals surface area contributed by atoms with Crippen molar-refractivity contribution in [1.82, 2.24) is 0 Å². The average molecular weight is 270 g/mol. The van der Waals surface area contributed by atoms with Crippen molar-refractivity contribution in [1.29, 1.82) is 0 Å². The summed E-state index contributed by atoms with van der Waals surface area (Å²) in [5, 5.41) is 0.709. The Kier molecular flexibility index (Phi) is 6.51. The van der Waals surface area contributed by atoms with Crippen molar-refractivity contribution in [3.05, 3.63) is 28.3 Å². The maximum Gasteiger partial charge on any atom is 0.141 e. The molecule has 0 aliphatic heterocycles. The fourth-order valence-corrected chi connectivity index (χ4v) is 2.35. The largest absolute Gasteiger partial charge is 0.492 e. The third-order valence-corrected chi connectivity index (χ3v) is 3.29. The number of ether oxygens (including phenoxy) is 1. The molecule has 1 atom stereocenters. The lowest BCUT2D eigenvalue weighted by Crippen LogP contribution is -2.21. The van der Waals surface area contributed by atoms with E-state index in [1.54, 1.807) is 0 Å². The molecule has 0 spiro atoms. The Bertz CT molecular complexity index is 379. The van der Waals surface area contributed by atoms with Gasteiger partial charge in [0.25, 0.3) is 0 Å². The zero-order chi connectivity index (χ0) is 13.5. The van der Waals surface area contributed by atoms with Crippen molar-refractivity contribution >= 4 is 11.6 Å². The molecule has 2 N–H and O–H groups in total. The molecule has 1 aromatic carbocycles. The second-order valence-electron chi connectivity index (χ2n) is 4.62. The van der Waals surface area contributed by atoms with Crippen LogP contribution in [0.1, 0.15) is 44.7 Å². The lowest BCUT2D eigenvalue weighted by atomic mass is 10.00. The second-order valence-corrected chi connectivity index (χ2v) is 5.03. The van der Waals surface area contributed by atoms with Gasteiger partial charge in [0.15, 0.2) is 0 Å². The SMILES string of the molecule is CCCc1cc(CC(N)CC)cc(Cl)c1OCC. The quantitative estimate of drug-likeness (QED) is 0.813. The lowest BCUT2D eigenvalue weighted by molar-refractivity contribution is 0.336. The molecule has 0 heterocycles. The van der Waals surface area contributed by atoms with Gasteiger partial charge in [0.05, 0.1) is 11.6 Å². The average Bonchev–Trinajstić information content (AvgIpc) is 2.34. The van der Waals surface area contributed by atoms with Crippen LogP contribution >= 0.6 is 11.6 Å². The predicted molar refractivity (Wildman–Crippen MR) is 78.6 cm³/mol. The summed E-state index contributed by atoms with van der Waals surface area (Å²) < 4.78 is 5.64. The number of halogens is 1. The second kappa shape index (κ2) is 7.65. The van der Waals surface area contributed by atoms with Crippen LogP contribution in [0, 0.1) is 0 Å². The van der Waals surface area contributed by atoms with Gasteiger partial charge in [-0.2, -0.15) is 0 Å². The topological polar surface area (TPSA) is 35.2 Å². The number of benzene rings is 1. The van der Waals surface area contributed by atoms with Crippen molar-refractivity contribution in [3.63, 3.8) is 0 Å². The van der Waals surface area contributed by atoms with Crippen LogP contribution in [0.4, 0.5) is 0 Å². The summed E-state index contributed by atoms with van der Waals surface area (Å²) in [6.07, 6.45) is 3.93. The van der Waals surface area contributed by atoms with Crippen LogP contribution in [0.2, 0.25) is 5.02 Å². The van der Waals surface area contributed by atoms with E-state index in [2.05, 4.69) is 19.9 Å². The molecule has 1 aromatic rings. The summed E-state index contributed by atoms with van der Waals surface area (Å²) in [6, 6.07) is 4.38. The molecule has 0 saturated heterocycles. The monoisotopic (exact) mass is 269 g/mol. The van der Waals surface area contributed by atoms with E-state index in [0.717, 1.165) is 31.4 Å². The molecule has 1 rings (SSSR count). The molecule has 0 saturated carbocycles. The Morgan fingerprint density at radius 3 is 2.56 bits per heavy atom. The summed E-state index contributed by atoms with van der Waals surface area (Å²) in [5.41, 5.74) is 8.41. The summed E-state index contributed by atoms with van der Waals surface area (Å²) in [6.45, 7) is 6.89. The van der Waals surface area contributed by atoms with Gasteiger partial charge in [-0.15, -0.1) is 0 Å². The first-order chi connectivity index (χ1) is 8.62. The Morgan fingerprint density at radius 1 is 1.28 bits per heavy atom. The van der Waals surface area contributed by atoms with Crippen molar-refractivity contribution < 1.29 is 4.74 Å². The molecular formula is C15H24ClNO. The summed E-state index contributed by atoms with van der Waals surface area (Å²) in [5.74, 6) is 0.842. The zero-order valence-corrected chi connectivity index (χ0v) is 12.4. The number of hydrogen-bond acceptors (Lipinski definition) is 2. The van der Waals surface area contributed by atoms with E-state index in [1.165, 1.54) is 11.1 Å². The van der Waals surface area contributed by atoms with E-state index in [9.17, 15) is 0 Å². The van der Waals surface area contributed by atoms with E-state index >= 15 is 0 Å². The van der Waals surface area contributed by atoms with Crippen LogP contribution in [0.15, 0.2) is 12.1 Å². The first-order valence-corrected chi connectivity index (χ1v) is 7.19. The van der Waals surface area contributed by atoms with Crippen LogP contribution in [-0.4, -0.2) is 12.6 Å². The summed E-state index contributed by atoms with van der Waals surface area (Å²) in [7, 11) is 0. The summed E-state index contributed by atoms with van der Waals surface area (Å²) in [4.78, 5) is 0. The Hall–Kier alpha value is -0.730. The normalized spacial score (nSPS) is 12.5. The molecule has 0 fully saturated rings. The van der Waals surface area contributed by atoms with Gasteiger partial charge >= 0.3 is 0 Å². The highest BCUT2D eigenvalue weighted by Gasteiger charge is 2.11. The van der Waals surface area contributed by atoms with Crippen molar-refractivity contribution in [2.24, 2.45) is 5.73 Å². The van der Waals surface area contributed by atoms with Crippen molar-refractivity contribution in [2.45, 2.75) is 52.5 Å². The van der Waals surface area contributed by atoms with Gasteiger partial charge in [-0.05, 0) is 43.4 Å². The van der Waals surface area contributed by atoms with Crippen LogP contribution in [-0.2, 0) is 12.8 Å². The first kappa shape index (κ1) is 15.3. The van der Waals surface area contributed by atoms with Gasteiger partial charge in [0.1, 0.15) is 5.75 Å². The van der Waals surface area contributed by atoms with E-state index in [0.29, 0.717) is 11.6 Å². The van der Waals surface area contributed by atoms with E-state index in [4.69, 9.17) is 22.1 Å². The zero-order valence-electron chi connectivity index (χ0n) is 11.6. The fourth-order valence-electron chi connectivity index (χ4n) is 2.04. The minimum absolute atomic E-state index is 0.202. The minimum Gasteiger partial charge on any atom is -0.492 e. The van der Waals surface area contributed by atoms with Crippen LogP contribution in [0.25, 0.3) is 0 Å². The highest BCUT2D eigenvalue weighted by atomic mass is 35.5.